The maximum absolute atomic E-state index is 12.1. The fourth-order valence-corrected chi connectivity index (χ4v) is 1.80. The van der Waals surface area contributed by atoms with Gasteiger partial charge in [0.15, 0.2) is 17.3 Å². The topological polar surface area (TPSA) is 72.8 Å². The van der Waals surface area contributed by atoms with Crippen molar-refractivity contribution in [3.05, 3.63) is 23.8 Å². The van der Waals surface area contributed by atoms with Crippen molar-refractivity contribution < 1.29 is 24.2 Å². The van der Waals surface area contributed by atoms with E-state index in [2.05, 4.69) is 0 Å². The first kappa shape index (κ1) is 13.4. The smallest absolute Gasteiger partial charge is 0.309 e. The van der Waals surface area contributed by atoms with Crippen LogP contribution in [0.15, 0.2) is 18.2 Å². The molecule has 0 aromatic heterocycles. The Bertz CT molecular complexity index is 519. The summed E-state index contributed by atoms with van der Waals surface area (Å²) >= 11 is 0. The fourth-order valence-electron chi connectivity index (χ4n) is 1.80. The molecule has 19 heavy (non-hydrogen) atoms. The molecule has 0 spiro atoms. The minimum absolute atomic E-state index is 0.0536. The Morgan fingerprint density at radius 3 is 2.47 bits per heavy atom. The van der Waals surface area contributed by atoms with E-state index in [1.54, 1.807) is 18.2 Å². The molecule has 1 heterocycles. The summed E-state index contributed by atoms with van der Waals surface area (Å²) < 4.78 is 10.8. The second-order valence-corrected chi connectivity index (χ2v) is 5.15. The molecule has 1 aromatic rings. The Labute approximate surface area is 111 Å². The van der Waals surface area contributed by atoms with E-state index >= 15 is 0 Å². The third-order valence-electron chi connectivity index (χ3n) is 3.05. The summed E-state index contributed by atoms with van der Waals surface area (Å²) in [5.41, 5.74) is -0.636. The third-order valence-corrected chi connectivity index (χ3v) is 3.05. The van der Waals surface area contributed by atoms with Gasteiger partial charge in [-0.3, -0.25) is 9.59 Å². The predicted molar refractivity (Wildman–Crippen MR) is 67.8 cm³/mol. The molecular weight excluding hydrogens is 248 g/mol. The molecule has 1 N–H and O–H groups in total. The molecule has 0 aliphatic carbocycles. The van der Waals surface area contributed by atoms with Gasteiger partial charge < -0.3 is 14.6 Å². The Kier molecular flexibility index (Phi) is 3.46. The molecule has 2 rings (SSSR count). The van der Waals surface area contributed by atoms with Crippen LogP contribution in [0.2, 0.25) is 0 Å². The van der Waals surface area contributed by atoms with Crippen LogP contribution in [0.4, 0.5) is 0 Å². The van der Waals surface area contributed by atoms with Crippen LogP contribution in [0.3, 0.4) is 0 Å². The number of Topliss-reactive ketones (excluding diaryl/α,β-unsaturated/α-hetero) is 1. The summed E-state index contributed by atoms with van der Waals surface area (Å²) in [4.78, 5) is 23.1. The molecule has 1 aliphatic rings. The average Bonchev–Trinajstić information content (AvgIpc) is 2.37. The zero-order valence-corrected chi connectivity index (χ0v) is 10.9. The zero-order valence-electron chi connectivity index (χ0n) is 10.9. The number of carboxylic acid groups (broad SMARTS) is 1. The highest BCUT2D eigenvalue weighted by molar-refractivity contribution is 5.99. The molecule has 0 radical (unpaired) electrons. The van der Waals surface area contributed by atoms with Crippen molar-refractivity contribution in [1.82, 2.24) is 0 Å². The first-order valence-electron chi connectivity index (χ1n) is 6.06. The van der Waals surface area contributed by atoms with Gasteiger partial charge in [0.05, 0.1) is 5.41 Å². The normalized spacial score (nSPS) is 14.0. The summed E-state index contributed by atoms with van der Waals surface area (Å²) in [5, 5.41) is 9.03. The molecule has 0 saturated heterocycles. The Balaban J connectivity index is 2.18. The van der Waals surface area contributed by atoms with E-state index in [9.17, 15) is 9.59 Å². The van der Waals surface area contributed by atoms with Crippen molar-refractivity contribution in [2.45, 2.75) is 20.3 Å². The first-order chi connectivity index (χ1) is 8.90. The Morgan fingerprint density at radius 2 is 1.84 bits per heavy atom. The van der Waals surface area contributed by atoms with Crippen LogP contribution in [0.25, 0.3) is 0 Å². The van der Waals surface area contributed by atoms with Gasteiger partial charge in [0.1, 0.15) is 13.2 Å². The number of benzene rings is 1. The van der Waals surface area contributed by atoms with E-state index in [0.29, 0.717) is 30.3 Å². The standard InChI is InChI=1S/C14H16O5/c1-14(2,13(16)17)8-10(15)9-3-4-11-12(7-9)19-6-5-18-11/h3-4,7H,5-6,8H2,1-2H3,(H,16,17). The van der Waals surface area contributed by atoms with Gasteiger partial charge in [0.2, 0.25) is 0 Å². The van der Waals surface area contributed by atoms with Crippen molar-refractivity contribution in [1.29, 1.82) is 0 Å². The second-order valence-electron chi connectivity index (χ2n) is 5.15. The first-order valence-corrected chi connectivity index (χ1v) is 6.06. The number of ketones is 1. The molecule has 0 fully saturated rings. The molecule has 5 heteroatoms. The molecule has 0 bridgehead atoms. The van der Waals surface area contributed by atoms with Crippen molar-refractivity contribution in [3.8, 4) is 11.5 Å². The minimum atomic E-state index is -1.08. The molecular formula is C14H16O5. The van der Waals surface area contributed by atoms with Gasteiger partial charge in [-0.2, -0.15) is 0 Å². The zero-order chi connectivity index (χ0) is 14.0. The van der Waals surface area contributed by atoms with Crippen LogP contribution in [-0.4, -0.2) is 30.1 Å². The van der Waals surface area contributed by atoms with E-state index in [1.807, 2.05) is 0 Å². The van der Waals surface area contributed by atoms with Gasteiger partial charge >= 0.3 is 5.97 Å². The van der Waals surface area contributed by atoms with Crippen LogP contribution >= 0.6 is 0 Å². The molecule has 0 atom stereocenters. The van der Waals surface area contributed by atoms with E-state index in [1.165, 1.54) is 13.8 Å². The lowest BCUT2D eigenvalue weighted by Crippen LogP contribution is -2.27. The highest BCUT2D eigenvalue weighted by Gasteiger charge is 2.30. The molecule has 0 saturated carbocycles. The number of carbonyl (C=O) groups excluding carboxylic acids is 1. The maximum atomic E-state index is 12.1. The second kappa shape index (κ2) is 4.91. The predicted octanol–water partition coefficient (Wildman–Crippen LogP) is 2.14. The van der Waals surface area contributed by atoms with E-state index < -0.39 is 11.4 Å². The summed E-state index contributed by atoms with van der Waals surface area (Å²) in [7, 11) is 0. The third kappa shape index (κ3) is 2.86. The monoisotopic (exact) mass is 264 g/mol. The largest absolute Gasteiger partial charge is 0.486 e. The van der Waals surface area contributed by atoms with Gasteiger partial charge in [0, 0.05) is 12.0 Å². The van der Waals surface area contributed by atoms with Gasteiger partial charge in [-0.15, -0.1) is 0 Å². The quantitative estimate of drug-likeness (QED) is 0.843. The van der Waals surface area contributed by atoms with E-state index in [4.69, 9.17) is 14.6 Å². The summed E-state index contributed by atoms with van der Waals surface area (Å²) in [6.45, 7) is 4.01. The number of carboxylic acids is 1. The average molecular weight is 264 g/mol. The van der Waals surface area contributed by atoms with Crippen molar-refractivity contribution >= 4 is 11.8 Å². The van der Waals surface area contributed by atoms with Crippen LogP contribution in [0.5, 0.6) is 11.5 Å². The Morgan fingerprint density at radius 1 is 1.21 bits per heavy atom. The number of fused-ring (bicyclic) bond motifs is 1. The van der Waals surface area contributed by atoms with Gasteiger partial charge in [0.25, 0.3) is 0 Å². The lowest BCUT2D eigenvalue weighted by molar-refractivity contribution is -0.146. The summed E-state index contributed by atoms with van der Waals surface area (Å²) in [6.07, 6.45) is -0.0536. The van der Waals surface area contributed by atoms with Gasteiger partial charge in [-0.05, 0) is 32.0 Å². The molecule has 0 amide bonds. The lowest BCUT2D eigenvalue weighted by atomic mass is 9.85. The molecule has 5 nitrogen and oxygen atoms in total. The molecule has 102 valence electrons. The van der Waals surface area contributed by atoms with Crippen LogP contribution in [-0.2, 0) is 4.79 Å². The highest BCUT2D eigenvalue weighted by atomic mass is 16.6. The number of aliphatic carboxylic acids is 1. The van der Waals surface area contributed by atoms with Crippen LogP contribution in [0, 0.1) is 5.41 Å². The van der Waals surface area contributed by atoms with E-state index in [0.717, 1.165) is 0 Å². The number of hydrogen-bond donors (Lipinski definition) is 1. The van der Waals surface area contributed by atoms with Crippen LogP contribution < -0.4 is 9.47 Å². The van der Waals surface area contributed by atoms with Crippen LogP contribution in [0.1, 0.15) is 30.6 Å². The van der Waals surface area contributed by atoms with Gasteiger partial charge in [-0.25, -0.2) is 0 Å². The summed E-state index contributed by atoms with van der Waals surface area (Å²) in [6, 6.07) is 4.91. The van der Waals surface area contributed by atoms with Crippen molar-refractivity contribution in [3.63, 3.8) is 0 Å². The number of carbonyl (C=O) groups is 2. The van der Waals surface area contributed by atoms with Crippen molar-refractivity contribution in [2.75, 3.05) is 13.2 Å². The molecule has 1 aromatic carbocycles. The molecule has 0 unspecified atom stereocenters. The number of rotatable bonds is 4. The van der Waals surface area contributed by atoms with Crippen molar-refractivity contribution in [2.24, 2.45) is 5.41 Å². The van der Waals surface area contributed by atoms with Gasteiger partial charge in [-0.1, -0.05) is 0 Å². The SMILES string of the molecule is CC(C)(CC(=O)c1ccc2c(c1)OCCO2)C(=O)O. The minimum Gasteiger partial charge on any atom is -0.486 e. The highest BCUT2D eigenvalue weighted by Crippen LogP contribution is 2.32. The number of ether oxygens (including phenoxy) is 2. The van der Waals surface area contributed by atoms with E-state index in [-0.39, 0.29) is 12.2 Å². The summed E-state index contributed by atoms with van der Waals surface area (Å²) in [5.74, 6) is -0.0618. The molecule has 1 aliphatic heterocycles. The Hall–Kier alpha value is -2.04. The fraction of sp³-hybridized carbons (Fsp3) is 0.429. The lowest BCUT2D eigenvalue weighted by Gasteiger charge is -2.20. The number of hydrogen-bond acceptors (Lipinski definition) is 4. The maximum Gasteiger partial charge on any atom is 0.309 e.